The van der Waals surface area contributed by atoms with Crippen molar-refractivity contribution in [3.05, 3.63) is 24.2 Å². The Hall–Kier alpha value is -2.31. The summed E-state index contributed by atoms with van der Waals surface area (Å²) in [5.74, 6) is -1.46. The first-order valence-corrected chi connectivity index (χ1v) is 6.74. The lowest BCUT2D eigenvalue weighted by atomic mass is 10.2. The lowest BCUT2D eigenvalue weighted by Crippen LogP contribution is -2.44. The highest BCUT2D eigenvalue weighted by atomic mass is 16.4. The van der Waals surface area contributed by atoms with Crippen molar-refractivity contribution < 1.29 is 23.9 Å². The van der Waals surface area contributed by atoms with Gasteiger partial charge < -0.3 is 19.7 Å². The van der Waals surface area contributed by atoms with Gasteiger partial charge in [-0.15, -0.1) is 0 Å². The van der Waals surface area contributed by atoms with E-state index in [-0.39, 0.29) is 30.7 Å². The molecule has 2 amide bonds. The van der Waals surface area contributed by atoms with E-state index < -0.39 is 11.9 Å². The molecule has 7 heteroatoms. The van der Waals surface area contributed by atoms with E-state index in [1.54, 1.807) is 11.0 Å². The quantitative estimate of drug-likeness (QED) is 0.748. The van der Waals surface area contributed by atoms with Gasteiger partial charge in [-0.05, 0) is 32.4 Å². The summed E-state index contributed by atoms with van der Waals surface area (Å²) in [4.78, 5) is 35.8. The van der Waals surface area contributed by atoms with Crippen molar-refractivity contribution in [2.75, 3.05) is 13.1 Å². The minimum absolute atomic E-state index is 0.00918. The number of carboxylic acids is 1. The Morgan fingerprint density at radius 3 is 2.62 bits per heavy atom. The fraction of sp³-hybridized carbons (Fsp3) is 0.500. The molecule has 7 nitrogen and oxygen atoms in total. The first kappa shape index (κ1) is 16.7. The lowest BCUT2D eigenvalue weighted by molar-refractivity contribution is -0.138. The number of aliphatic carboxylic acids is 1. The third-order valence-corrected chi connectivity index (χ3v) is 2.88. The van der Waals surface area contributed by atoms with Gasteiger partial charge >= 0.3 is 5.97 Å². The van der Waals surface area contributed by atoms with Crippen LogP contribution in [0.1, 0.15) is 37.2 Å². The maximum atomic E-state index is 12.1. The number of furan rings is 1. The molecule has 21 heavy (non-hydrogen) atoms. The standard InChI is InChI=1S/C14H20N2O5/c1-10(2)16(7-3-6-13(18)19)12(17)9-15-14(20)11-5-4-8-21-11/h4-5,8,10H,3,6-7,9H2,1-2H3,(H,15,20)(H,18,19). The first-order chi connectivity index (χ1) is 9.91. The molecule has 0 aliphatic carbocycles. The number of amides is 2. The van der Waals surface area contributed by atoms with Gasteiger partial charge in [-0.1, -0.05) is 0 Å². The van der Waals surface area contributed by atoms with Crippen LogP contribution in [0.4, 0.5) is 0 Å². The molecule has 1 aromatic heterocycles. The molecular weight excluding hydrogens is 276 g/mol. The van der Waals surface area contributed by atoms with Crippen LogP contribution in [0.15, 0.2) is 22.8 Å². The summed E-state index contributed by atoms with van der Waals surface area (Å²) < 4.78 is 4.92. The average molecular weight is 296 g/mol. The topological polar surface area (TPSA) is 99.9 Å². The van der Waals surface area contributed by atoms with Crippen LogP contribution < -0.4 is 5.32 Å². The van der Waals surface area contributed by atoms with E-state index in [9.17, 15) is 14.4 Å². The van der Waals surface area contributed by atoms with Crippen LogP contribution in [0.3, 0.4) is 0 Å². The van der Waals surface area contributed by atoms with Crippen LogP contribution in [0, 0.1) is 0 Å². The fourth-order valence-corrected chi connectivity index (χ4v) is 1.82. The van der Waals surface area contributed by atoms with Crippen LogP contribution in [0.25, 0.3) is 0 Å². The summed E-state index contributed by atoms with van der Waals surface area (Å²) in [7, 11) is 0. The van der Waals surface area contributed by atoms with Crippen molar-refractivity contribution in [1.82, 2.24) is 10.2 Å². The van der Waals surface area contributed by atoms with Crippen LogP contribution in [-0.2, 0) is 9.59 Å². The maximum absolute atomic E-state index is 12.1. The zero-order valence-corrected chi connectivity index (χ0v) is 12.2. The molecular formula is C14H20N2O5. The molecule has 0 aromatic carbocycles. The number of nitrogens with zero attached hydrogens (tertiary/aromatic N) is 1. The predicted octanol–water partition coefficient (Wildman–Crippen LogP) is 1.11. The van der Waals surface area contributed by atoms with Gasteiger partial charge in [-0.2, -0.15) is 0 Å². The molecule has 0 bridgehead atoms. The Morgan fingerprint density at radius 1 is 1.38 bits per heavy atom. The van der Waals surface area contributed by atoms with Gasteiger partial charge in [0.2, 0.25) is 5.91 Å². The highest BCUT2D eigenvalue weighted by Gasteiger charge is 2.18. The molecule has 0 unspecified atom stereocenters. The second-order valence-corrected chi connectivity index (χ2v) is 4.84. The molecule has 0 aliphatic rings. The largest absolute Gasteiger partial charge is 0.481 e. The SMILES string of the molecule is CC(C)N(CCCC(=O)O)C(=O)CNC(=O)c1ccco1. The zero-order valence-electron chi connectivity index (χ0n) is 12.2. The highest BCUT2D eigenvalue weighted by Crippen LogP contribution is 2.03. The normalized spacial score (nSPS) is 10.4. The Kier molecular flexibility index (Phi) is 6.45. The van der Waals surface area contributed by atoms with Crippen molar-refractivity contribution in [3.63, 3.8) is 0 Å². The molecule has 116 valence electrons. The van der Waals surface area contributed by atoms with E-state index in [0.717, 1.165) is 0 Å². The van der Waals surface area contributed by atoms with Crippen LogP contribution in [0.5, 0.6) is 0 Å². The third kappa shape index (κ3) is 5.68. The van der Waals surface area contributed by atoms with Gasteiger partial charge in [0.1, 0.15) is 0 Å². The van der Waals surface area contributed by atoms with Crippen molar-refractivity contribution in [2.45, 2.75) is 32.7 Å². The molecule has 1 rings (SSSR count). The van der Waals surface area contributed by atoms with Crippen LogP contribution in [-0.4, -0.2) is 46.9 Å². The van der Waals surface area contributed by atoms with Crippen molar-refractivity contribution in [1.29, 1.82) is 0 Å². The highest BCUT2D eigenvalue weighted by molar-refractivity contribution is 5.94. The van der Waals surface area contributed by atoms with Crippen LogP contribution in [0.2, 0.25) is 0 Å². The number of carbonyl (C=O) groups is 3. The van der Waals surface area contributed by atoms with Gasteiger partial charge in [0, 0.05) is 19.0 Å². The molecule has 0 saturated heterocycles. The van der Waals surface area contributed by atoms with E-state index in [1.165, 1.54) is 12.3 Å². The Balaban J connectivity index is 2.45. The fourth-order valence-electron chi connectivity index (χ4n) is 1.82. The van der Waals surface area contributed by atoms with Crippen molar-refractivity contribution in [2.24, 2.45) is 0 Å². The average Bonchev–Trinajstić information content (AvgIpc) is 2.94. The number of hydrogen-bond acceptors (Lipinski definition) is 4. The smallest absolute Gasteiger partial charge is 0.303 e. The van der Waals surface area contributed by atoms with Gasteiger partial charge in [0.15, 0.2) is 5.76 Å². The summed E-state index contributed by atoms with van der Waals surface area (Å²) in [6.07, 6.45) is 1.77. The maximum Gasteiger partial charge on any atom is 0.303 e. The third-order valence-electron chi connectivity index (χ3n) is 2.88. The second kappa shape index (κ2) is 8.08. The van der Waals surface area contributed by atoms with E-state index in [2.05, 4.69) is 5.32 Å². The minimum Gasteiger partial charge on any atom is -0.481 e. The Morgan fingerprint density at radius 2 is 2.10 bits per heavy atom. The molecule has 1 heterocycles. The van der Waals surface area contributed by atoms with Crippen LogP contribution >= 0.6 is 0 Å². The van der Waals surface area contributed by atoms with E-state index in [0.29, 0.717) is 13.0 Å². The molecule has 0 spiro atoms. The summed E-state index contributed by atoms with van der Waals surface area (Å²) in [6.45, 7) is 3.88. The number of hydrogen-bond donors (Lipinski definition) is 2. The predicted molar refractivity (Wildman–Crippen MR) is 74.8 cm³/mol. The summed E-state index contributed by atoms with van der Waals surface area (Å²) in [5.41, 5.74) is 0. The van der Waals surface area contributed by atoms with Gasteiger partial charge in [0.05, 0.1) is 12.8 Å². The van der Waals surface area contributed by atoms with Crippen molar-refractivity contribution in [3.8, 4) is 0 Å². The number of carbonyl (C=O) groups excluding carboxylic acids is 2. The molecule has 0 saturated carbocycles. The van der Waals surface area contributed by atoms with Gasteiger partial charge in [0.25, 0.3) is 5.91 Å². The number of carboxylic acid groups (broad SMARTS) is 1. The first-order valence-electron chi connectivity index (χ1n) is 6.74. The number of nitrogens with one attached hydrogen (secondary N) is 1. The molecule has 2 N–H and O–H groups in total. The monoisotopic (exact) mass is 296 g/mol. The van der Waals surface area contributed by atoms with Gasteiger partial charge in [-0.3, -0.25) is 14.4 Å². The Labute approximate surface area is 122 Å². The summed E-state index contributed by atoms with van der Waals surface area (Å²) >= 11 is 0. The second-order valence-electron chi connectivity index (χ2n) is 4.84. The van der Waals surface area contributed by atoms with Gasteiger partial charge in [-0.25, -0.2) is 0 Å². The molecule has 0 radical (unpaired) electrons. The van der Waals surface area contributed by atoms with Crippen molar-refractivity contribution >= 4 is 17.8 Å². The lowest BCUT2D eigenvalue weighted by Gasteiger charge is -2.26. The van der Waals surface area contributed by atoms with E-state index >= 15 is 0 Å². The van der Waals surface area contributed by atoms with E-state index in [4.69, 9.17) is 9.52 Å². The Bertz CT molecular complexity index is 482. The summed E-state index contributed by atoms with van der Waals surface area (Å²) in [5, 5.41) is 11.1. The number of rotatable bonds is 8. The molecule has 1 aromatic rings. The molecule has 0 fully saturated rings. The minimum atomic E-state index is -0.891. The summed E-state index contributed by atoms with van der Waals surface area (Å²) in [6, 6.07) is 3.03. The molecule has 0 aliphatic heterocycles. The zero-order chi connectivity index (χ0) is 15.8. The van der Waals surface area contributed by atoms with E-state index in [1.807, 2.05) is 13.8 Å². The molecule has 0 atom stereocenters.